The van der Waals surface area contributed by atoms with Crippen molar-refractivity contribution in [2.45, 2.75) is 6.92 Å². The summed E-state index contributed by atoms with van der Waals surface area (Å²) in [5.41, 5.74) is 1.07. The van der Waals surface area contributed by atoms with Gasteiger partial charge >= 0.3 is 0 Å². The lowest BCUT2D eigenvalue weighted by Crippen LogP contribution is -2.37. The number of aliphatic imine (C=N–C) groups is 2. The molecule has 1 fully saturated rings. The number of amides is 1. The number of anilines is 2. The van der Waals surface area contributed by atoms with E-state index < -0.39 is 17.5 Å². The molecule has 0 aliphatic carbocycles. The zero-order valence-electron chi connectivity index (χ0n) is 20.2. The maximum atomic E-state index is 14.9. The van der Waals surface area contributed by atoms with Crippen LogP contribution in [0, 0.1) is 11.6 Å². The predicted molar refractivity (Wildman–Crippen MR) is 135 cm³/mol. The summed E-state index contributed by atoms with van der Waals surface area (Å²) in [6, 6.07) is 5.52. The maximum Gasteiger partial charge on any atom is 0.269 e. The first kappa shape index (κ1) is 25.0. The zero-order valence-corrected chi connectivity index (χ0v) is 20.2. The second-order valence-corrected chi connectivity index (χ2v) is 8.02. The number of rotatable bonds is 6. The summed E-state index contributed by atoms with van der Waals surface area (Å²) >= 11 is 0. The highest BCUT2D eigenvalue weighted by molar-refractivity contribution is 6.44. The molecule has 36 heavy (non-hydrogen) atoms. The number of nitrogens with zero attached hydrogens (tertiary/aromatic N) is 5. The van der Waals surface area contributed by atoms with Crippen LogP contribution in [-0.4, -0.2) is 60.6 Å². The van der Waals surface area contributed by atoms with Gasteiger partial charge in [-0.15, -0.1) is 0 Å². The number of hydrogen-bond donors (Lipinski definition) is 1. The second kappa shape index (κ2) is 10.6. The van der Waals surface area contributed by atoms with Crippen molar-refractivity contribution in [3.63, 3.8) is 0 Å². The summed E-state index contributed by atoms with van der Waals surface area (Å²) in [7, 11) is 3.10. The molecule has 11 heteroatoms. The molecule has 2 heterocycles. The number of carbonyl (C=O) groups is 1. The molecule has 1 aliphatic rings. The minimum absolute atomic E-state index is 0.0103. The first-order chi connectivity index (χ1) is 17.3. The molecule has 1 aromatic heterocycles. The van der Waals surface area contributed by atoms with Crippen molar-refractivity contribution in [3.05, 3.63) is 60.4 Å². The third-order valence-corrected chi connectivity index (χ3v) is 5.65. The van der Waals surface area contributed by atoms with Gasteiger partial charge in [-0.05, 0) is 19.1 Å². The zero-order chi connectivity index (χ0) is 25.8. The van der Waals surface area contributed by atoms with Crippen molar-refractivity contribution < 1.29 is 23.0 Å². The van der Waals surface area contributed by atoms with Crippen molar-refractivity contribution in [3.8, 4) is 5.75 Å². The summed E-state index contributed by atoms with van der Waals surface area (Å²) in [5, 5.41) is 7.54. The van der Waals surface area contributed by atoms with Gasteiger partial charge in [0.15, 0.2) is 11.7 Å². The van der Waals surface area contributed by atoms with Crippen LogP contribution in [0.25, 0.3) is 10.9 Å². The number of amidine groups is 1. The van der Waals surface area contributed by atoms with E-state index in [-0.39, 0.29) is 34.1 Å². The summed E-state index contributed by atoms with van der Waals surface area (Å²) < 4.78 is 41.8. The first-order valence-corrected chi connectivity index (χ1v) is 11.2. The van der Waals surface area contributed by atoms with E-state index in [1.165, 1.54) is 43.1 Å². The summed E-state index contributed by atoms with van der Waals surface area (Å²) in [6.45, 7) is 7.13. The Bertz CT molecular complexity index is 1380. The van der Waals surface area contributed by atoms with E-state index in [0.717, 1.165) is 0 Å². The van der Waals surface area contributed by atoms with Gasteiger partial charge in [-0.1, -0.05) is 12.6 Å². The Morgan fingerprint density at radius 1 is 1.28 bits per heavy atom. The smallest absolute Gasteiger partial charge is 0.269 e. The van der Waals surface area contributed by atoms with E-state index >= 15 is 0 Å². The highest BCUT2D eigenvalue weighted by atomic mass is 19.1. The van der Waals surface area contributed by atoms with Crippen LogP contribution >= 0.6 is 0 Å². The molecule has 1 aliphatic heterocycles. The third-order valence-electron chi connectivity index (χ3n) is 5.65. The van der Waals surface area contributed by atoms with Crippen LogP contribution in [-0.2, 0) is 16.6 Å². The predicted octanol–water partition coefficient (Wildman–Crippen LogP) is 3.69. The number of aromatic nitrogens is 2. The largest absolute Gasteiger partial charge is 0.496 e. The lowest BCUT2D eigenvalue weighted by molar-refractivity contribution is -0.110. The fourth-order valence-electron chi connectivity index (χ4n) is 4.02. The van der Waals surface area contributed by atoms with Gasteiger partial charge in [0.05, 0.1) is 37.3 Å². The van der Waals surface area contributed by atoms with Gasteiger partial charge in [0.1, 0.15) is 22.8 Å². The molecule has 0 saturated carbocycles. The Balaban J connectivity index is 1.73. The van der Waals surface area contributed by atoms with Crippen molar-refractivity contribution in [2.24, 2.45) is 17.0 Å². The molecule has 3 aromatic rings. The van der Waals surface area contributed by atoms with Crippen molar-refractivity contribution in [1.82, 2.24) is 9.78 Å². The van der Waals surface area contributed by atoms with E-state index in [1.54, 1.807) is 19.3 Å². The van der Waals surface area contributed by atoms with Crippen LogP contribution in [0.1, 0.15) is 12.5 Å². The minimum atomic E-state index is -0.620. The molecule has 0 radical (unpaired) electrons. The van der Waals surface area contributed by atoms with E-state index in [4.69, 9.17) is 9.47 Å². The SMILES string of the molecule is C=CN=C(N=C(C)C(=O)Nc1cc(F)c2nn(C)cc2c1N1CCOCC1)c1c(F)cccc1OC. The van der Waals surface area contributed by atoms with Crippen LogP contribution in [0.15, 0.2) is 53.2 Å². The molecule has 188 valence electrons. The van der Waals surface area contributed by atoms with Gasteiger partial charge in [0, 0.05) is 44.0 Å². The van der Waals surface area contributed by atoms with Crippen LogP contribution in [0.2, 0.25) is 0 Å². The van der Waals surface area contributed by atoms with E-state index in [2.05, 4.69) is 27.0 Å². The average Bonchev–Trinajstić information content (AvgIpc) is 3.26. The molecular formula is C25H26F2N6O3. The van der Waals surface area contributed by atoms with Crippen LogP contribution in [0.3, 0.4) is 0 Å². The molecule has 1 N–H and O–H groups in total. The second-order valence-electron chi connectivity index (χ2n) is 8.02. The number of halogens is 2. The highest BCUT2D eigenvalue weighted by Gasteiger charge is 2.24. The van der Waals surface area contributed by atoms with Crippen LogP contribution < -0.4 is 15.0 Å². The monoisotopic (exact) mass is 496 g/mol. The number of carbonyl (C=O) groups excluding carboxylic acids is 1. The lowest BCUT2D eigenvalue weighted by atomic mass is 10.1. The number of nitrogens with one attached hydrogen (secondary N) is 1. The molecular weight excluding hydrogens is 470 g/mol. The van der Waals surface area contributed by atoms with Crippen molar-refractivity contribution in [2.75, 3.05) is 43.6 Å². The van der Waals surface area contributed by atoms with Gasteiger partial charge in [-0.25, -0.2) is 18.8 Å². The highest BCUT2D eigenvalue weighted by Crippen LogP contribution is 2.36. The van der Waals surface area contributed by atoms with Crippen LogP contribution in [0.4, 0.5) is 20.2 Å². The summed E-state index contributed by atoms with van der Waals surface area (Å²) in [6.07, 6.45) is 2.90. The number of aryl methyl sites for hydroxylation is 1. The molecule has 1 amide bonds. The molecule has 2 aromatic carbocycles. The van der Waals surface area contributed by atoms with Crippen molar-refractivity contribution >= 4 is 39.7 Å². The molecule has 9 nitrogen and oxygen atoms in total. The molecule has 0 atom stereocenters. The Morgan fingerprint density at radius 2 is 2.03 bits per heavy atom. The maximum absolute atomic E-state index is 14.9. The topological polar surface area (TPSA) is 93.3 Å². The van der Waals surface area contributed by atoms with E-state index in [9.17, 15) is 13.6 Å². The normalized spacial score (nSPS) is 14.8. The van der Waals surface area contributed by atoms with Crippen molar-refractivity contribution in [1.29, 1.82) is 0 Å². The molecule has 0 unspecified atom stereocenters. The molecule has 0 bridgehead atoms. The Morgan fingerprint density at radius 3 is 2.72 bits per heavy atom. The standard InChI is InChI=1S/C25H26F2N6O3/c1-5-28-24(21-17(26)7-6-8-20(21)35-4)29-15(2)25(34)30-19-13-18(27)22-16(14-32(3)31-22)23(19)33-9-11-36-12-10-33/h5-8,13-14H,1,9-12H2,2-4H3,(H,30,34). The first-order valence-electron chi connectivity index (χ1n) is 11.2. The number of ether oxygens (including phenoxy) is 2. The summed E-state index contributed by atoms with van der Waals surface area (Å²) in [5.74, 6) is -1.69. The van der Waals surface area contributed by atoms with Gasteiger partial charge in [-0.3, -0.25) is 9.48 Å². The fourth-order valence-corrected chi connectivity index (χ4v) is 4.02. The third kappa shape index (κ3) is 4.96. The van der Waals surface area contributed by atoms with E-state index in [1.807, 2.05) is 4.90 Å². The number of methoxy groups -OCH3 is 1. The van der Waals surface area contributed by atoms with E-state index in [0.29, 0.717) is 37.4 Å². The Labute approximate surface area is 206 Å². The Kier molecular flexibility index (Phi) is 7.39. The number of hydrogen-bond acceptors (Lipinski definition) is 6. The van der Waals surface area contributed by atoms with Gasteiger partial charge in [-0.2, -0.15) is 5.10 Å². The quantitative estimate of drug-likeness (QED) is 0.415. The van der Waals surface area contributed by atoms with Gasteiger partial charge in [0.2, 0.25) is 0 Å². The lowest BCUT2D eigenvalue weighted by Gasteiger charge is -2.31. The number of morpholine rings is 1. The Hall–Kier alpha value is -4.12. The fraction of sp³-hybridized carbons (Fsp3) is 0.280. The average molecular weight is 497 g/mol. The molecule has 1 saturated heterocycles. The summed E-state index contributed by atoms with van der Waals surface area (Å²) in [4.78, 5) is 23.5. The molecule has 4 rings (SSSR count). The van der Waals surface area contributed by atoms with Crippen LogP contribution in [0.5, 0.6) is 5.75 Å². The number of benzene rings is 2. The minimum Gasteiger partial charge on any atom is -0.496 e. The molecule has 0 spiro atoms. The number of fused-ring (bicyclic) bond motifs is 1. The van der Waals surface area contributed by atoms with Gasteiger partial charge < -0.3 is 19.7 Å². The van der Waals surface area contributed by atoms with Gasteiger partial charge in [0.25, 0.3) is 5.91 Å².